The van der Waals surface area contributed by atoms with Crippen LogP contribution in [0, 0.1) is 5.41 Å². The normalized spacial score (nSPS) is 17.0. The lowest BCUT2D eigenvalue weighted by Crippen LogP contribution is -2.63. The molecule has 0 unspecified atom stereocenters. The van der Waals surface area contributed by atoms with Crippen LogP contribution in [-0.4, -0.2) is 48.2 Å². The number of hydrogen-bond donors (Lipinski definition) is 1. The van der Waals surface area contributed by atoms with E-state index in [0.29, 0.717) is 24.3 Å². The van der Waals surface area contributed by atoms with Crippen molar-refractivity contribution in [3.05, 3.63) is 100 Å². The molecule has 1 aliphatic heterocycles. The molecule has 2 heterocycles. The first-order chi connectivity index (χ1) is 16.7. The molecule has 4 rings (SSSR count). The monoisotopic (exact) mass is 472 g/mol. The number of nitrogens with zero attached hydrogens (tertiary/aromatic N) is 2. The quantitative estimate of drug-likeness (QED) is 0.469. The predicted molar refractivity (Wildman–Crippen MR) is 139 cm³/mol. The van der Waals surface area contributed by atoms with Gasteiger partial charge in [0.1, 0.15) is 5.60 Å². The molecule has 35 heavy (non-hydrogen) atoms. The number of carbonyl (C=O) groups excluding carboxylic acids is 1. The van der Waals surface area contributed by atoms with Crippen LogP contribution in [0.3, 0.4) is 0 Å². The SMILES string of the molecule is COC(=O)c1ccccc1CCc1cncc([C@@](O)(c2ccc(C(C)C)cc2)C2(C)CN(C)C2)c1. The molecule has 1 N–H and O–H groups in total. The Balaban J connectivity index is 1.67. The summed E-state index contributed by atoms with van der Waals surface area (Å²) in [4.78, 5) is 18.9. The van der Waals surface area contributed by atoms with Crippen molar-refractivity contribution >= 4 is 5.97 Å². The molecule has 1 aromatic heterocycles. The minimum atomic E-state index is -1.16. The van der Waals surface area contributed by atoms with Gasteiger partial charge >= 0.3 is 5.97 Å². The number of benzene rings is 2. The Labute approximate surface area is 208 Å². The highest BCUT2D eigenvalue weighted by molar-refractivity contribution is 5.91. The van der Waals surface area contributed by atoms with Crippen LogP contribution >= 0.6 is 0 Å². The molecule has 184 valence electrons. The summed E-state index contributed by atoms with van der Waals surface area (Å²) >= 11 is 0. The number of aliphatic hydroxyl groups is 1. The number of aryl methyl sites for hydroxylation is 2. The molecule has 0 spiro atoms. The number of carbonyl (C=O) groups is 1. The summed E-state index contributed by atoms with van der Waals surface area (Å²) in [5, 5.41) is 12.4. The minimum absolute atomic E-state index is 0.325. The number of pyridine rings is 1. The molecule has 0 radical (unpaired) electrons. The minimum Gasteiger partial charge on any atom is -0.465 e. The van der Waals surface area contributed by atoms with Crippen molar-refractivity contribution in [1.82, 2.24) is 9.88 Å². The van der Waals surface area contributed by atoms with Gasteiger partial charge in [0.15, 0.2) is 0 Å². The van der Waals surface area contributed by atoms with E-state index in [1.165, 1.54) is 12.7 Å². The first kappa shape index (κ1) is 25.1. The van der Waals surface area contributed by atoms with E-state index in [9.17, 15) is 9.90 Å². The van der Waals surface area contributed by atoms with Crippen LogP contribution in [-0.2, 0) is 23.2 Å². The van der Waals surface area contributed by atoms with Crippen molar-refractivity contribution in [2.24, 2.45) is 5.41 Å². The van der Waals surface area contributed by atoms with Crippen LogP contribution < -0.4 is 0 Å². The fourth-order valence-corrected chi connectivity index (χ4v) is 5.50. The summed E-state index contributed by atoms with van der Waals surface area (Å²) in [7, 11) is 3.48. The molecule has 0 amide bonds. The maximum atomic E-state index is 12.4. The number of esters is 1. The van der Waals surface area contributed by atoms with E-state index in [0.717, 1.165) is 35.3 Å². The van der Waals surface area contributed by atoms with E-state index in [1.807, 2.05) is 24.4 Å². The van der Waals surface area contributed by atoms with Crippen LogP contribution in [0.25, 0.3) is 0 Å². The van der Waals surface area contributed by atoms with Gasteiger partial charge in [-0.2, -0.15) is 0 Å². The maximum Gasteiger partial charge on any atom is 0.338 e. The van der Waals surface area contributed by atoms with Gasteiger partial charge in [0.2, 0.25) is 0 Å². The molecule has 0 saturated carbocycles. The zero-order valence-electron chi connectivity index (χ0n) is 21.4. The lowest BCUT2D eigenvalue weighted by Gasteiger charge is -2.56. The Bertz CT molecular complexity index is 1180. The Hall–Kier alpha value is -3.02. The maximum absolute atomic E-state index is 12.4. The Kier molecular flexibility index (Phi) is 7.11. The van der Waals surface area contributed by atoms with Gasteiger partial charge in [-0.05, 0) is 60.2 Å². The highest BCUT2D eigenvalue weighted by Crippen LogP contribution is 2.50. The summed E-state index contributed by atoms with van der Waals surface area (Å²) in [6, 6.07) is 18.0. The molecule has 1 atom stereocenters. The fourth-order valence-electron chi connectivity index (χ4n) is 5.50. The van der Waals surface area contributed by atoms with Crippen LogP contribution in [0.2, 0.25) is 0 Å². The van der Waals surface area contributed by atoms with E-state index in [4.69, 9.17) is 4.74 Å². The highest BCUT2D eigenvalue weighted by Gasteiger charge is 2.55. The second-order valence-corrected chi connectivity index (χ2v) is 10.5. The molecule has 2 aromatic carbocycles. The molecular formula is C30H36N2O3. The first-order valence-corrected chi connectivity index (χ1v) is 12.3. The third kappa shape index (κ3) is 4.75. The van der Waals surface area contributed by atoms with Crippen molar-refractivity contribution < 1.29 is 14.6 Å². The smallest absolute Gasteiger partial charge is 0.338 e. The van der Waals surface area contributed by atoms with E-state index in [1.54, 1.807) is 12.3 Å². The number of hydrogen-bond acceptors (Lipinski definition) is 5. The van der Waals surface area contributed by atoms with Gasteiger partial charge < -0.3 is 14.7 Å². The standard InChI is InChI=1S/C30H36N2O3/c1-21(2)23-12-14-25(15-13-23)30(34,29(3)19-32(4)20-29)26-16-22(17-31-18-26)10-11-24-8-6-7-9-27(24)28(33)35-5/h6-9,12-18,21,34H,10-11,19-20H2,1-5H3/t30-/m0/s1. The molecule has 1 fully saturated rings. The first-order valence-electron chi connectivity index (χ1n) is 12.3. The second-order valence-electron chi connectivity index (χ2n) is 10.5. The lowest BCUT2D eigenvalue weighted by atomic mass is 9.62. The molecule has 5 heteroatoms. The Morgan fingerprint density at radius 2 is 1.77 bits per heavy atom. The Morgan fingerprint density at radius 3 is 2.40 bits per heavy atom. The summed E-state index contributed by atoms with van der Waals surface area (Å²) in [6.45, 7) is 8.10. The Morgan fingerprint density at radius 1 is 1.09 bits per heavy atom. The van der Waals surface area contributed by atoms with E-state index in [-0.39, 0.29) is 11.4 Å². The van der Waals surface area contributed by atoms with Crippen LogP contribution in [0.4, 0.5) is 0 Å². The van der Waals surface area contributed by atoms with Crippen molar-refractivity contribution in [2.45, 2.75) is 45.1 Å². The van der Waals surface area contributed by atoms with Crippen LogP contribution in [0.1, 0.15) is 64.9 Å². The number of likely N-dealkylation sites (tertiary alicyclic amines) is 1. The summed E-state index contributed by atoms with van der Waals surface area (Å²) in [5.41, 5.74) is 4.01. The summed E-state index contributed by atoms with van der Waals surface area (Å²) in [5.74, 6) is 0.106. The molecule has 0 bridgehead atoms. The topological polar surface area (TPSA) is 62.7 Å². The summed E-state index contributed by atoms with van der Waals surface area (Å²) < 4.78 is 4.94. The van der Waals surface area contributed by atoms with Crippen molar-refractivity contribution in [1.29, 1.82) is 0 Å². The van der Waals surface area contributed by atoms with Crippen LogP contribution in [0.15, 0.2) is 67.0 Å². The number of rotatable bonds is 8. The molecule has 1 aliphatic rings. The number of ether oxygens (including phenoxy) is 1. The third-order valence-electron chi connectivity index (χ3n) is 7.42. The second kappa shape index (κ2) is 9.92. The van der Waals surface area contributed by atoms with E-state index >= 15 is 0 Å². The van der Waals surface area contributed by atoms with Gasteiger partial charge in [-0.25, -0.2) is 4.79 Å². The average Bonchev–Trinajstić information content (AvgIpc) is 2.86. The van der Waals surface area contributed by atoms with Gasteiger partial charge in [0.05, 0.1) is 12.7 Å². The predicted octanol–water partition coefficient (Wildman–Crippen LogP) is 4.96. The van der Waals surface area contributed by atoms with Gasteiger partial charge in [-0.3, -0.25) is 4.98 Å². The zero-order chi connectivity index (χ0) is 25.2. The van der Waals surface area contributed by atoms with E-state index in [2.05, 4.69) is 68.0 Å². The van der Waals surface area contributed by atoms with Crippen molar-refractivity contribution in [3.8, 4) is 0 Å². The fraction of sp³-hybridized carbons (Fsp3) is 0.400. The molecule has 5 nitrogen and oxygen atoms in total. The van der Waals surface area contributed by atoms with Gasteiger partial charge in [0.25, 0.3) is 0 Å². The number of aromatic nitrogens is 1. The average molecular weight is 473 g/mol. The van der Waals surface area contributed by atoms with Crippen LogP contribution in [0.5, 0.6) is 0 Å². The molecule has 0 aliphatic carbocycles. The largest absolute Gasteiger partial charge is 0.465 e. The zero-order valence-corrected chi connectivity index (χ0v) is 21.4. The molecule has 1 saturated heterocycles. The molecule has 3 aromatic rings. The van der Waals surface area contributed by atoms with Gasteiger partial charge in [-0.1, -0.05) is 63.2 Å². The highest BCUT2D eigenvalue weighted by atomic mass is 16.5. The lowest BCUT2D eigenvalue weighted by molar-refractivity contribution is -0.127. The van der Waals surface area contributed by atoms with Gasteiger partial charge in [0, 0.05) is 36.5 Å². The van der Waals surface area contributed by atoms with Crippen molar-refractivity contribution in [3.63, 3.8) is 0 Å². The summed E-state index contributed by atoms with van der Waals surface area (Å²) in [6.07, 6.45) is 5.03. The van der Waals surface area contributed by atoms with E-state index < -0.39 is 5.60 Å². The number of methoxy groups -OCH3 is 1. The third-order valence-corrected chi connectivity index (χ3v) is 7.42. The van der Waals surface area contributed by atoms with Gasteiger partial charge in [-0.15, -0.1) is 0 Å². The van der Waals surface area contributed by atoms with Crippen molar-refractivity contribution in [2.75, 3.05) is 27.2 Å². The molecular weight excluding hydrogens is 436 g/mol.